The zero-order chi connectivity index (χ0) is 25.8. The summed E-state index contributed by atoms with van der Waals surface area (Å²) < 4.78 is 12.0. The smallest absolute Gasteiger partial charge is 0.192 e. The van der Waals surface area contributed by atoms with Crippen molar-refractivity contribution in [3.63, 3.8) is 0 Å². The summed E-state index contributed by atoms with van der Waals surface area (Å²) in [7, 11) is -1.44. The molecule has 0 saturated heterocycles. The molecular formula is C32H40O2Si2. The van der Waals surface area contributed by atoms with E-state index in [1.807, 2.05) is 36.5 Å². The highest BCUT2D eigenvalue weighted by molar-refractivity contribution is 6.47. The van der Waals surface area contributed by atoms with Gasteiger partial charge in [-0.15, -0.1) is 26.3 Å². The van der Waals surface area contributed by atoms with Gasteiger partial charge in [-0.05, 0) is 77.7 Å². The van der Waals surface area contributed by atoms with Crippen LogP contribution in [0.2, 0.25) is 0 Å². The molecule has 0 fully saturated rings. The fourth-order valence-corrected chi connectivity index (χ4v) is 6.00. The third-order valence-corrected chi connectivity index (χ3v) is 8.24. The van der Waals surface area contributed by atoms with Gasteiger partial charge in [0.25, 0.3) is 0 Å². The van der Waals surface area contributed by atoms with Crippen LogP contribution in [0, 0.1) is 23.7 Å². The lowest BCUT2D eigenvalue weighted by atomic mass is 10.0. The quantitative estimate of drug-likeness (QED) is 0.173. The number of hydrogen-bond acceptors (Lipinski definition) is 2. The lowest BCUT2D eigenvalue weighted by molar-refractivity contribution is 0.266. The molecule has 4 heteroatoms. The second kappa shape index (κ2) is 18.3. The molecule has 0 radical (unpaired) electrons. The van der Waals surface area contributed by atoms with Crippen LogP contribution in [0.5, 0.6) is 0 Å². The van der Waals surface area contributed by atoms with Crippen molar-refractivity contribution < 1.29 is 8.85 Å². The van der Waals surface area contributed by atoms with E-state index in [-0.39, 0.29) is 0 Å². The third-order valence-electron chi connectivity index (χ3n) is 5.75. The molecule has 0 aliphatic rings. The summed E-state index contributed by atoms with van der Waals surface area (Å²) >= 11 is 0. The number of rotatable bonds is 17. The first-order chi connectivity index (χ1) is 17.7. The highest BCUT2D eigenvalue weighted by atomic mass is 28.2. The van der Waals surface area contributed by atoms with E-state index in [0.717, 1.165) is 50.0 Å². The normalized spacial score (nSPS) is 11.5. The maximum Gasteiger partial charge on any atom is 0.192 e. The molecule has 0 N–H and O–H groups in total. The minimum Gasteiger partial charge on any atom is -0.418 e. The number of allylic oxidation sites excluding steroid dienone is 5. The Morgan fingerprint density at radius 3 is 1.56 bits per heavy atom. The molecule has 2 rings (SSSR count). The zero-order valence-corrected chi connectivity index (χ0v) is 24.4. The predicted octanol–water partition coefficient (Wildman–Crippen LogP) is 4.74. The lowest BCUT2D eigenvalue weighted by Gasteiger charge is -2.13. The molecule has 2 aromatic rings. The Balaban J connectivity index is 1.76. The first-order valence-corrected chi connectivity index (χ1v) is 15.2. The van der Waals surface area contributed by atoms with Gasteiger partial charge in [0.05, 0.1) is 0 Å². The van der Waals surface area contributed by atoms with Gasteiger partial charge in [0.2, 0.25) is 0 Å². The molecule has 0 bridgehead atoms. The summed E-state index contributed by atoms with van der Waals surface area (Å²) in [4.78, 5) is 0. The van der Waals surface area contributed by atoms with E-state index in [4.69, 9.17) is 8.85 Å². The van der Waals surface area contributed by atoms with Gasteiger partial charge in [0.1, 0.15) is 0 Å². The van der Waals surface area contributed by atoms with Gasteiger partial charge in [-0.25, -0.2) is 0 Å². The highest BCUT2D eigenvalue weighted by Crippen LogP contribution is 2.11. The molecule has 0 unspecified atom stereocenters. The Morgan fingerprint density at radius 1 is 0.667 bits per heavy atom. The van der Waals surface area contributed by atoms with Crippen LogP contribution < -0.4 is 10.4 Å². The standard InChI is InChI=1S/C32H40O2Si2/c1-5-11-29(12-6-2)25-33-35-31-21-17-27(18-22-31)15-9-10-16-28-19-23-32(24-20-28)36-34-26-30(13-7-3)14-8-4/h5-9,15,17-24,29-30H,1-4,11-14,25-26,35-36H2. The monoisotopic (exact) mass is 512 g/mol. The SMILES string of the molecule is C=CCC(CC=C)CO[SiH2]c1ccc(C#CC=Cc2ccc([SiH2]OCC(CC=C)CC=C)cc2)cc1. The fourth-order valence-electron chi connectivity index (χ4n) is 3.77. The van der Waals surface area contributed by atoms with E-state index >= 15 is 0 Å². The van der Waals surface area contributed by atoms with Gasteiger partial charge in [0, 0.05) is 18.8 Å². The summed E-state index contributed by atoms with van der Waals surface area (Å²) in [5.41, 5.74) is 2.15. The first-order valence-electron chi connectivity index (χ1n) is 12.6. The number of benzene rings is 2. The Bertz CT molecular complexity index is 1010. The topological polar surface area (TPSA) is 18.5 Å². The van der Waals surface area contributed by atoms with Crippen molar-refractivity contribution in [1.29, 1.82) is 0 Å². The second-order valence-corrected chi connectivity index (χ2v) is 11.9. The van der Waals surface area contributed by atoms with E-state index < -0.39 is 19.5 Å². The van der Waals surface area contributed by atoms with Crippen molar-refractivity contribution in [2.24, 2.45) is 11.8 Å². The third kappa shape index (κ3) is 12.1. The van der Waals surface area contributed by atoms with Gasteiger partial charge in [-0.3, -0.25) is 0 Å². The minimum absolute atomic E-state index is 0.485. The molecule has 2 nitrogen and oxygen atoms in total. The van der Waals surface area contributed by atoms with E-state index in [0.29, 0.717) is 11.8 Å². The second-order valence-electron chi connectivity index (χ2n) is 8.90. The summed E-state index contributed by atoms with van der Waals surface area (Å²) in [6.45, 7) is 16.9. The Labute approximate surface area is 223 Å². The van der Waals surface area contributed by atoms with Crippen molar-refractivity contribution in [2.75, 3.05) is 13.2 Å². The fraction of sp³-hybridized carbons (Fsp3) is 0.250. The maximum atomic E-state index is 6.02. The molecule has 0 amide bonds. The van der Waals surface area contributed by atoms with E-state index in [9.17, 15) is 0 Å². The van der Waals surface area contributed by atoms with Crippen LogP contribution in [0.4, 0.5) is 0 Å². The Morgan fingerprint density at radius 2 is 1.11 bits per heavy atom. The highest BCUT2D eigenvalue weighted by Gasteiger charge is 2.06. The van der Waals surface area contributed by atoms with Crippen molar-refractivity contribution in [3.05, 3.63) is 116 Å². The van der Waals surface area contributed by atoms with Gasteiger partial charge >= 0.3 is 0 Å². The molecule has 0 atom stereocenters. The first kappa shape index (κ1) is 29.3. The van der Waals surface area contributed by atoms with Gasteiger partial charge in [0.15, 0.2) is 19.5 Å². The molecule has 0 aromatic heterocycles. The van der Waals surface area contributed by atoms with Crippen molar-refractivity contribution in [3.8, 4) is 11.8 Å². The maximum absolute atomic E-state index is 6.02. The lowest BCUT2D eigenvalue weighted by Crippen LogP contribution is -2.20. The van der Waals surface area contributed by atoms with Gasteiger partial charge in [-0.2, -0.15) is 0 Å². The molecule has 0 spiro atoms. The average molecular weight is 513 g/mol. The molecule has 0 heterocycles. The molecule has 0 saturated carbocycles. The van der Waals surface area contributed by atoms with Crippen LogP contribution >= 0.6 is 0 Å². The van der Waals surface area contributed by atoms with Crippen molar-refractivity contribution in [1.82, 2.24) is 0 Å². The van der Waals surface area contributed by atoms with E-state index in [1.165, 1.54) is 10.4 Å². The van der Waals surface area contributed by atoms with Gasteiger partial charge < -0.3 is 8.85 Å². The van der Waals surface area contributed by atoms with Crippen LogP contribution in [-0.4, -0.2) is 32.7 Å². The molecule has 0 aliphatic carbocycles. The largest absolute Gasteiger partial charge is 0.418 e. The van der Waals surface area contributed by atoms with Gasteiger partial charge in [-0.1, -0.05) is 72.5 Å². The summed E-state index contributed by atoms with van der Waals surface area (Å²) in [5, 5.41) is 2.59. The predicted molar refractivity (Wildman–Crippen MR) is 163 cm³/mol. The van der Waals surface area contributed by atoms with Crippen LogP contribution in [0.3, 0.4) is 0 Å². The number of hydrogen-bond donors (Lipinski definition) is 0. The molecular weight excluding hydrogens is 473 g/mol. The molecule has 36 heavy (non-hydrogen) atoms. The summed E-state index contributed by atoms with van der Waals surface area (Å²) in [5.74, 6) is 7.32. The van der Waals surface area contributed by atoms with E-state index in [1.54, 1.807) is 0 Å². The zero-order valence-electron chi connectivity index (χ0n) is 21.5. The Kier molecular flexibility index (Phi) is 14.9. The van der Waals surface area contributed by atoms with Crippen LogP contribution in [0.15, 0.2) is 105 Å². The molecule has 0 aliphatic heterocycles. The summed E-state index contributed by atoms with van der Waals surface area (Å²) in [6, 6.07) is 17.0. The minimum atomic E-state index is -0.726. The van der Waals surface area contributed by atoms with Crippen LogP contribution in [0.1, 0.15) is 36.8 Å². The van der Waals surface area contributed by atoms with E-state index in [2.05, 4.69) is 86.7 Å². The Hall–Kier alpha value is -2.95. The van der Waals surface area contributed by atoms with Crippen LogP contribution in [0.25, 0.3) is 6.08 Å². The molecule has 2 aromatic carbocycles. The summed E-state index contributed by atoms with van der Waals surface area (Å²) in [6.07, 6.45) is 15.7. The average Bonchev–Trinajstić information content (AvgIpc) is 2.89. The molecule has 188 valence electrons. The van der Waals surface area contributed by atoms with Crippen LogP contribution in [-0.2, 0) is 8.85 Å². The van der Waals surface area contributed by atoms with Crippen molar-refractivity contribution >= 4 is 36.0 Å². The van der Waals surface area contributed by atoms with Crippen molar-refractivity contribution in [2.45, 2.75) is 25.7 Å².